The van der Waals surface area contributed by atoms with Gasteiger partial charge in [0.15, 0.2) is 9.84 Å². The molecule has 0 bridgehead atoms. The average Bonchev–Trinajstić information content (AvgIpc) is 2.60. The van der Waals surface area contributed by atoms with E-state index in [0.29, 0.717) is 37.3 Å². The number of anilines is 1. The first-order valence-corrected chi connectivity index (χ1v) is 8.63. The maximum absolute atomic E-state index is 11.9. The monoisotopic (exact) mass is 312 g/mol. The summed E-state index contributed by atoms with van der Waals surface area (Å²) in [5.41, 5.74) is 7.37. The van der Waals surface area contributed by atoms with Crippen molar-refractivity contribution in [3.63, 3.8) is 0 Å². The molecule has 1 heterocycles. The Labute approximate surface area is 124 Å². The molecule has 1 aliphatic rings. The fourth-order valence-electron chi connectivity index (χ4n) is 2.49. The van der Waals surface area contributed by atoms with Crippen LogP contribution >= 0.6 is 0 Å². The summed E-state index contributed by atoms with van der Waals surface area (Å²) in [6.45, 7) is 1.65. The minimum absolute atomic E-state index is 0.156. The molecule has 116 valence electrons. The zero-order valence-electron chi connectivity index (χ0n) is 12.0. The third-order valence-electron chi connectivity index (χ3n) is 3.61. The Morgan fingerprint density at radius 1 is 1.33 bits per heavy atom. The van der Waals surface area contributed by atoms with Crippen molar-refractivity contribution in [1.82, 2.24) is 4.90 Å². The van der Waals surface area contributed by atoms with Gasteiger partial charge < -0.3 is 10.5 Å². The average molecular weight is 312 g/mol. The van der Waals surface area contributed by atoms with Crippen molar-refractivity contribution in [2.24, 2.45) is 0 Å². The minimum atomic E-state index is -2.94. The Hall–Kier alpha value is -1.60. The lowest BCUT2D eigenvalue weighted by atomic mass is 10.0. The molecule has 0 amide bonds. The Balaban J connectivity index is 2.20. The highest BCUT2D eigenvalue weighted by atomic mass is 32.2. The number of esters is 1. The largest absolute Gasteiger partial charge is 0.465 e. The molecule has 0 atom stereocenters. The van der Waals surface area contributed by atoms with Crippen molar-refractivity contribution in [3.8, 4) is 0 Å². The second-order valence-electron chi connectivity index (χ2n) is 5.15. The number of rotatable bonds is 3. The SMILES string of the molecule is COC(=O)c1c(N)cccc1CN1CCCS(=O)(=O)CC1. The van der Waals surface area contributed by atoms with Crippen LogP contribution in [0.4, 0.5) is 5.69 Å². The van der Waals surface area contributed by atoms with E-state index >= 15 is 0 Å². The highest BCUT2D eigenvalue weighted by Crippen LogP contribution is 2.20. The highest BCUT2D eigenvalue weighted by molar-refractivity contribution is 7.91. The third-order valence-corrected chi connectivity index (χ3v) is 5.33. The van der Waals surface area contributed by atoms with E-state index in [0.717, 1.165) is 5.56 Å². The second-order valence-corrected chi connectivity index (χ2v) is 7.46. The van der Waals surface area contributed by atoms with E-state index in [4.69, 9.17) is 10.5 Å². The van der Waals surface area contributed by atoms with Crippen molar-refractivity contribution in [1.29, 1.82) is 0 Å². The summed E-state index contributed by atoms with van der Waals surface area (Å²) in [6.07, 6.45) is 0.609. The molecule has 1 aliphatic heterocycles. The smallest absolute Gasteiger partial charge is 0.340 e. The molecule has 0 aromatic heterocycles. The summed E-state index contributed by atoms with van der Waals surface area (Å²) in [6, 6.07) is 5.26. The Morgan fingerprint density at radius 3 is 2.81 bits per heavy atom. The van der Waals surface area contributed by atoms with E-state index in [2.05, 4.69) is 0 Å². The molecule has 0 aliphatic carbocycles. The molecular formula is C14H20N2O4S. The zero-order chi connectivity index (χ0) is 15.5. The van der Waals surface area contributed by atoms with Crippen LogP contribution < -0.4 is 5.73 Å². The maximum Gasteiger partial charge on any atom is 0.340 e. The summed E-state index contributed by atoms with van der Waals surface area (Å²) in [5.74, 6) is -0.0850. The number of methoxy groups -OCH3 is 1. The first-order valence-electron chi connectivity index (χ1n) is 6.81. The molecule has 2 N–H and O–H groups in total. The molecular weight excluding hydrogens is 292 g/mol. The zero-order valence-corrected chi connectivity index (χ0v) is 12.9. The molecule has 0 spiro atoms. The lowest BCUT2D eigenvalue weighted by molar-refractivity contribution is 0.0599. The predicted molar refractivity (Wildman–Crippen MR) is 80.7 cm³/mol. The van der Waals surface area contributed by atoms with Gasteiger partial charge >= 0.3 is 5.97 Å². The number of nitrogens with two attached hydrogens (primary N) is 1. The Morgan fingerprint density at radius 2 is 2.10 bits per heavy atom. The van der Waals surface area contributed by atoms with Crippen LogP contribution in [-0.2, 0) is 21.1 Å². The summed E-state index contributed by atoms with van der Waals surface area (Å²) >= 11 is 0. The maximum atomic E-state index is 11.9. The van der Waals surface area contributed by atoms with Crippen molar-refractivity contribution >= 4 is 21.5 Å². The summed E-state index contributed by atoms with van der Waals surface area (Å²) in [4.78, 5) is 13.9. The van der Waals surface area contributed by atoms with Crippen LogP contribution in [0.15, 0.2) is 18.2 Å². The van der Waals surface area contributed by atoms with Crippen LogP contribution in [-0.4, -0.2) is 51.0 Å². The van der Waals surface area contributed by atoms with Crippen LogP contribution in [0, 0.1) is 0 Å². The lowest BCUT2D eigenvalue weighted by Gasteiger charge is -2.21. The number of benzene rings is 1. The fraction of sp³-hybridized carbons (Fsp3) is 0.500. The summed E-state index contributed by atoms with van der Waals surface area (Å²) in [7, 11) is -1.63. The van der Waals surface area contributed by atoms with Crippen LogP contribution in [0.25, 0.3) is 0 Å². The highest BCUT2D eigenvalue weighted by Gasteiger charge is 2.22. The van der Waals surface area contributed by atoms with Crippen molar-refractivity contribution in [2.45, 2.75) is 13.0 Å². The Bertz CT molecular complexity index is 628. The van der Waals surface area contributed by atoms with Crippen molar-refractivity contribution in [3.05, 3.63) is 29.3 Å². The standard InChI is InChI=1S/C14H20N2O4S/c1-20-14(17)13-11(4-2-5-12(13)15)10-16-6-3-8-21(18,19)9-7-16/h2,4-5H,3,6-10,15H2,1H3. The van der Waals surface area contributed by atoms with Crippen molar-refractivity contribution in [2.75, 3.05) is 37.4 Å². The lowest BCUT2D eigenvalue weighted by Crippen LogP contribution is -2.27. The second kappa shape index (κ2) is 6.44. The van der Waals surface area contributed by atoms with Gasteiger partial charge in [0.1, 0.15) is 0 Å². The van der Waals surface area contributed by atoms with Gasteiger partial charge in [0.05, 0.1) is 24.2 Å². The molecule has 0 unspecified atom stereocenters. The first kappa shape index (κ1) is 15.8. The van der Waals surface area contributed by atoms with Crippen molar-refractivity contribution < 1.29 is 17.9 Å². The van der Waals surface area contributed by atoms with Gasteiger partial charge in [-0.1, -0.05) is 12.1 Å². The molecule has 6 nitrogen and oxygen atoms in total. The van der Waals surface area contributed by atoms with Crippen LogP contribution in [0.3, 0.4) is 0 Å². The number of hydrogen-bond acceptors (Lipinski definition) is 6. The molecule has 1 aromatic carbocycles. The van der Waals surface area contributed by atoms with Crippen LogP contribution in [0.1, 0.15) is 22.3 Å². The number of nitrogen functional groups attached to an aromatic ring is 1. The first-order chi connectivity index (χ1) is 9.93. The van der Waals surface area contributed by atoms with Gasteiger partial charge in [-0.15, -0.1) is 0 Å². The minimum Gasteiger partial charge on any atom is -0.465 e. The normalized spacial score (nSPS) is 18.9. The number of carbonyl (C=O) groups excluding carboxylic acids is 1. The van der Waals surface area contributed by atoms with Gasteiger partial charge in [0.2, 0.25) is 0 Å². The van der Waals surface area contributed by atoms with Gasteiger partial charge in [-0.2, -0.15) is 0 Å². The predicted octanol–water partition coefficient (Wildman–Crippen LogP) is 0.676. The molecule has 2 rings (SSSR count). The van der Waals surface area contributed by atoms with E-state index in [1.165, 1.54) is 7.11 Å². The molecule has 21 heavy (non-hydrogen) atoms. The Kier molecular flexibility index (Phi) is 4.84. The topological polar surface area (TPSA) is 89.7 Å². The van der Waals surface area contributed by atoms with Gasteiger partial charge in [-0.25, -0.2) is 13.2 Å². The molecule has 1 aromatic rings. The van der Waals surface area contributed by atoms with Gasteiger partial charge in [-0.3, -0.25) is 4.90 Å². The third kappa shape index (κ3) is 3.95. The molecule has 1 saturated heterocycles. The number of nitrogens with zero attached hydrogens (tertiary/aromatic N) is 1. The van der Waals surface area contributed by atoms with E-state index in [1.807, 2.05) is 11.0 Å². The van der Waals surface area contributed by atoms with E-state index in [9.17, 15) is 13.2 Å². The van der Waals surface area contributed by atoms with E-state index in [-0.39, 0.29) is 11.5 Å². The summed E-state index contributed by atoms with van der Waals surface area (Å²) in [5, 5.41) is 0. The van der Waals surface area contributed by atoms with E-state index in [1.54, 1.807) is 12.1 Å². The van der Waals surface area contributed by atoms with Gasteiger partial charge in [-0.05, 0) is 24.6 Å². The molecule has 1 fully saturated rings. The molecule has 0 radical (unpaired) electrons. The van der Waals surface area contributed by atoms with Gasteiger partial charge in [0, 0.05) is 18.8 Å². The number of ether oxygens (including phenoxy) is 1. The number of sulfone groups is 1. The molecule has 0 saturated carbocycles. The number of hydrogen-bond donors (Lipinski definition) is 1. The van der Waals surface area contributed by atoms with E-state index < -0.39 is 15.8 Å². The van der Waals surface area contributed by atoms with Crippen LogP contribution in [0.5, 0.6) is 0 Å². The summed E-state index contributed by atoms with van der Waals surface area (Å²) < 4.78 is 28.0. The fourth-order valence-corrected chi connectivity index (χ4v) is 3.80. The quantitative estimate of drug-likeness (QED) is 0.652. The van der Waals surface area contributed by atoms with Crippen LogP contribution in [0.2, 0.25) is 0 Å². The van der Waals surface area contributed by atoms with Gasteiger partial charge in [0.25, 0.3) is 0 Å². The molecule has 7 heteroatoms. The number of carbonyl (C=O) groups is 1.